The van der Waals surface area contributed by atoms with Crippen LogP contribution in [0.2, 0.25) is 5.02 Å². The second kappa shape index (κ2) is 6.72. The Balaban J connectivity index is 2.00. The predicted octanol–water partition coefficient (Wildman–Crippen LogP) is 2.37. The van der Waals surface area contributed by atoms with Crippen LogP contribution in [-0.2, 0) is 9.59 Å². The number of anilines is 2. The van der Waals surface area contributed by atoms with Crippen LogP contribution in [-0.4, -0.2) is 18.4 Å². The fourth-order valence-corrected chi connectivity index (χ4v) is 1.93. The minimum Gasteiger partial charge on any atom is -0.330 e. The number of benzene rings is 1. The van der Waals surface area contributed by atoms with Crippen molar-refractivity contribution in [2.24, 2.45) is 11.7 Å². The van der Waals surface area contributed by atoms with Crippen molar-refractivity contribution in [2.75, 3.05) is 17.2 Å². The maximum absolute atomic E-state index is 11.7. The number of rotatable bonds is 6. The Hall–Kier alpha value is -1.59. The van der Waals surface area contributed by atoms with Gasteiger partial charge >= 0.3 is 0 Å². The van der Waals surface area contributed by atoms with Crippen LogP contribution >= 0.6 is 11.6 Å². The van der Waals surface area contributed by atoms with Crippen LogP contribution in [0.3, 0.4) is 0 Å². The number of nitrogens with one attached hydrogen (secondary N) is 2. The molecule has 0 atom stereocenters. The molecule has 0 saturated heterocycles. The van der Waals surface area contributed by atoms with Crippen LogP contribution in [0.15, 0.2) is 18.2 Å². The number of hydrogen-bond acceptors (Lipinski definition) is 3. The molecule has 108 valence electrons. The fourth-order valence-electron chi connectivity index (χ4n) is 1.76. The number of carbonyl (C=O) groups is 2. The van der Waals surface area contributed by atoms with Crippen molar-refractivity contribution < 1.29 is 9.59 Å². The summed E-state index contributed by atoms with van der Waals surface area (Å²) in [6.45, 7) is 0.471. The maximum atomic E-state index is 11.7. The molecule has 1 fully saturated rings. The van der Waals surface area contributed by atoms with E-state index in [0.717, 1.165) is 12.8 Å². The van der Waals surface area contributed by atoms with E-state index in [0.29, 0.717) is 35.8 Å². The van der Waals surface area contributed by atoms with Crippen LogP contribution in [0, 0.1) is 5.92 Å². The highest BCUT2D eigenvalue weighted by Crippen LogP contribution is 2.31. The van der Waals surface area contributed by atoms with Crippen molar-refractivity contribution in [1.29, 1.82) is 0 Å². The molecule has 0 aromatic heterocycles. The summed E-state index contributed by atoms with van der Waals surface area (Å²) in [7, 11) is 0. The topological polar surface area (TPSA) is 84.2 Å². The second-order valence-electron chi connectivity index (χ2n) is 4.90. The number of nitrogens with two attached hydrogens (primary N) is 1. The van der Waals surface area contributed by atoms with E-state index in [1.54, 1.807) is 18.2 Å². The zero-order valence-corrected chi connectivity index (χ0v) is 11.9. The van der Waals surface area contributed by atoms with E-state index in [1.807, 2.05) is 0 Å². The van der Waals surface area contributed by atoms with Gasteiger partial charge in [-0.1, -0.05) is 11.6 Å². The third-order valence-corrected chi connectivity index (χ3v) is 3.39. The van der Waals surface area contributed by atoms with Gasteiger partial charge in [-0.25, -0.2) is 0 Å². The summed E-state index contributed by atoms with van der Waals surface area (Å²) in [6.07, 6.45) is 2.87. The van der Waals surface area contributed by atoms with Gasteiger partial charge in [0.1, 0.15) is 0 Å². The summed E-state index contributed by atoms with van der Waals surface area (Å²) in [6, 6.07) is 5.05. The molecule has 0 aliphatic heterocycles. The number of hydrogen-bond donors (Lipinski definition) is 3. The summed E-state index contributed by atoms with van der Waals surface area (Å²) in [5.74, 6) is 0.0176. The van der Waals surface area contributed by atoms with Gasteiger partial charge in [-0.2, -0.15) is 0 Å². The van der Waals surface area contributed by atoms with E-state index in [4.69, 9.17) is 17.3 Å². The molecule has 0 unspecified atom stereocenters. The van der Waals surface area contributed by atoms with Crippen molar-refractivity contribution in [3.63, 3.8) is 0 Å². The summed E-state index contributed by atoms with van der Waals surface area (Å²) in [5, 5.41) is 5.99. The molecule has 1 aromatic rings. The van der Waals surface area contributed by atoms with Gasteiger partial charge in [0.15, 0.2) is 0 Å². The van der Waals surface area contributed by atoms with Crippen LogP contribution < -0.4 is 16.4 Å². The molecule has 4 N–H and O–H groups in total. The van der Waals surface area contributed by atoms with Gasteiger partial charge < -0.3 is 16.4 Å². The molecule has 1 aromatic carbocycles. The molecule has 20 heavy (non-hydrogen) atoms. The van der Waals surface area contributed by atoms with Gasteiger partial charge in [-0.15, -0.1) is 0 Å². The third-order valence-electron chi connectivity index (χ3n) is 3.06. The standard InChI is InChI=1S/C14H18ClN3O2/c15-11-6-5-10(17-14(20)9-3-4-9)8-12(11)18-13(19)2-1-7-16/h5-6,8-9H,1-4,7,16H2,(H,17,20)(H,18,19). The quantitative estimate of drug-likeness (QED) is 0.753. The van der Waals surface area contributed by atoms with Gasteiger partial charge in [0.05, 0.1) is 10.7 Å². The highest BCUT2D eigenvalue weighted by molar-refractivity contribution is 6.33. The Morgan fingerprint density at radius 1 is 1.30 bits per heavy atom. The lowest BCUT2D eigenvalue weighted by atomic mass is 10.2. The summed E-state index contributed by atoms with van der Waals surface area (Å²) >= 11 is 6.03. The van der Waals surface area contributed by atoms with E-state index in [2.05, 4.69) is 10.6 Å². The van der Waals surface area contributed by atoms with Crippen molar-refractivity contribution in [3.05, 3.63) is 23.2 Å². The Morgan fingerprint density at radius 3 is 2.70 bits per heavy atom. The first-order chi connectivity index (χ1) is 9.60. The highest BCUT2D eigenvalue weighted by atomic mass is 35.5. The third kappa shape index (κ3) is 4.21. The van der Waals surface area contributed by atoms with E-state index in [9.17, 15) is 9.59 Å². The SMILES string of the molecule is NCCCC(=O)Nc1cc(NC(=O)C2CC2)ccc1Cl. The van der Waals surface area contributed by atoms with E-state index in [1.165, 1.54) is 0 Å². The Bertz CT molecular complexity index is 515. The average Bonchev–Trinajstić information content (AvgIpc) is 3.24. The molecule has 1 aliphatic carbocycles. The minimum atomic E-state index is -0.136. The first-order valence-electron chi connectivity index (χ1n) is 6.70. The van der Waals surface area contributed by atoms with Crippen molar-refractivity contribution in [3.8, 4) is 0 Å². The van der Waals surface area contributed by atoms with Crippen LogP contribution in [0.5, 0.6) is 0 Å². The van der Waals surface area contributed by atoms with Gasteiger partial charge in [0.25, 0.3) is 0 Å². The lowest BCUT2D eigenvalue weighted by Crippen LogP contribution is -2.15. The molecular formula is C14H18ClN3O2. The second-order valence-corrected chi connectivity index (χ2v) is 5.31. The van der Waals surface area contributed by atoms with E-state index >= 15 is 0 Å². The molecule has 1 saturated carbocycles. The van der Waals surface area contributed by atoms with Crippen LogP contribution in [0.1, 0.15) is 25.7 Å². The Morgan fingerprint density at radius 2 is 2.05 bits per heavy atom. The molecule has 0 radical (unpaired) electrons. The smallest absolute Gasteiger partial charge is 0.227 e. The fraction of sp³-hybridized carbons (Fsp3) is 0.429. The Labute approximate surface area is 122 Å². The monoisotopic (exact) mass is 295 g/mol. The molecular weight excluding hydrogens is 278 g/mol. The summed E-state index contributed by atoms with van der Waals surface area (Å²) < 4.78 is 0. The number of halogens is 1. The molecule has 0 spiro atoms. The number of carbonyl (C=O) groups excluding carboxylic acids is 2. The lowest BCUT2D eigenvalue weighted by molar-refractivity contribution is -0.117. The van der Waals surface area contributed by atoms with Gasteiger partial charge in [-0.05, 0) is 44.0 Å². The molecule has 1 aliphatic rings. The Kier molecular flexibility index (Phi) is 4.98. The maximum Gasteiger partial charge on any atom is 0.227 e. The molecule has 2 amide bonds. The summed E-state index contributed by atoms with van der Waals surface area (Å²) in [5.41, 5.74) is 6.50. The van der Waals surface area contributed by atoms with E-state index in [-0.39, 0.29) is 17.7 Å². The predicted molar refractivity (Wildman–Crippen MR) is 79.7 cm³/mol. The zero-order valence-electron chi connectivity index (χ0n) is 11.1. The van der Waals surface area contributed by atoms with Crippen molar-refractivity contribution in [2.45, 2.75) is 25.7 Å². The van der Waals surface area contributed by atoms with Crippen molar-refractivity contribution in [1.82, 2.24) is 0 Å². The molecule has 0 bridgehead atoms. The normalized spacial score (nSPS) is 13.9. The molecule has 0 heterocycles. The first kappa shape index (κ1) is 14.8. The lowest BCUT2D eigenvalue weighted by Gasteiger charge is -2.10. The summed E-state index contributed by atoms with van der Waals surface area (Å²) in [4.78, 5) is 23.4. The average molecular weight is 296 g/mol. The van der Waals surface area contributed by atoms with E-state index < -0.39 is 0 Å². The van der Waals surface area contributed by atoms with Crippen LogP contribution in [0.4, 0.5) is 11.4 Å². The van der Waals surface area contributed by atoms with Gasteiger partial charge in [0.2, 0.25) is 11.8 Å². The van der Waals surface area contributed by atoms with Gasteiger partial charge in [0, 0.05) is 18.0 Å². The number of amides is 2. The van der Waals surface area contributed by atoms with Crippen molar-refractivity contribution >= 4 is 34.8 Å². The molecule has 5 nitrogen and oxygen atoms in total. The molecule has 2 rings (SSSR count). The van der Waals surface area contributed by atoms with Gasteiger partial charge in [-0.3, -0.25) is 9.59 Å². The minimum absolute atomic E-state index is 0.0210. The zero-order chi connectivity index (χ0) is 14.5. The largest absolute Gasteiger partial charge is 0.330 e. The highest BCUT2D eigenvalue weighted by Gasteiger charge is 2.29. The molecule has 6 heteroatoms. The first-order valence-corrected chi connectivity index (χ1v) is 7.08. The van der Waals surface area contributed by atoms with Crippen LogP contribution in [0.25, 0.3) is 0 Å².